The van der Waals surface area contributed by atoms with Gasteiger partial charge in [-0.15, -0.1) is 0 Å². The van der Waals surface area contributed by atoms with E-state index in [-0.39, 0.29) is 23.9 Å². The van der Waals surface area contributed by atoms with Crippen LogP contribution in [0.25, 0.3) is 33.6 Å². The van der Waals surface area contributed by atoms with Crippen molar-refractivity contribution in [1.82, 2.24) is 36.2 Å². The first-order valence-corrected chi connectivity index (χ1v) is 16.6. The minimum Gasteiger partial charge on any atom is -0.481 e. The van der Waals surface area contributed by atoms with Crippen LogP contribution in [0, 0.1) is 0 Å². The summed E-state index contributed by atoms with van der Waals surface area (Å²) >= 11 is 14.1. The third kappa shape index (κ3) is 7.55. The minimum absolute atomic E-state index is 0.0826. The van der Waals surface area contributed by atoms with Crippen LogP contribution in [0.1, 0.15) is 36.9 Å². The first-order chi connectivity index (χ1) is 23.3. The molecule has 4 N–H and O–H groups in total. The molecule has 2 aliphatic heterocycles. The number of hydrogen-bond donors (Lipinski definition) is 4. The van der Waals surface area contributed by atoms with E-state index in [0.29, 0.717) is 83.5 Å². The lowest BCUT2D eigenvalue weighted by Crippen LogP contribution is -2.35. The number of ether oxygens (including phenoxy) is 2. The molecule has 0 bridgehead atoms. The number of nitrogens with zero attached hydrogens (tertiary/aromatic N) is 3. The van der Waals surface area contributed by atoms with Gasteiger partial charge < -0.3 is 30.7 Å². The Labute approximate surface area is 289 Å². The Morgan fingerprint density at radius 3 is 1.83 bits per heavy atom. The number of methoxy groups -OCH3 is 2. The van der Waals surface area contributed by atoms with Gasteiger partial charge in [-0.25, -0.2) is 9.97 Å². The maximum atomic E-state index is 11.5. The number of amides is 2. The molecule has 0 spiro atoms. The molecular formula is C35H37Cl2N7O4. The molecule has 11 nitrogen and oxygen atoms in total. The summed E-state index contributed by atoms with van der Waals surface area (Å²) < 4.78 is 11.2. The van der Waals surface area contributed by atoms with E-state index in [4.69, 9.17) is 42.6 Å². The third-order valence-corrected chi connectivity index (χ3v) is 9.35. The van der Waals surface area contributed by atoms with Gasteiger partial charge in [-0.3, -0.25) is 14.6 Å². The normalized spacial score (nSPS) is 17.3. The molecule has 2 atom stereocenters. The molecule has 2 saturated heterocycles. The standard InChI is InChI=1S/C35H37Cl2N7O4/c1-47-34-20(15-38-16-21-10-13-30(45)41-21)9-12-27(43-34)25-7-3-5-23(32(25)36)24-6-4-8-26(33(24)37)28-19-40-29(35(44-28)48-2)18-39-17-22-11-14-31(46)42-22/h3-9,12,19,21-22,38-39H,10-11,13-18H2,1-2H3,(H,41,45)(H,42,46). The molecule has 2 aromatic heterocycles. The summed E-state index contributed by atoms with van der Waals surface area (Å²) in [4.78, 5) is 37.1. The summed E-state index contributed by atoms with van der Waals surface area (Å²) in [6.45, 7) is 2.30. The molecule has 2 amide bonds. The summed E-state index contributed by atoms with van der Waals surface area (Å²) in [5.74, 6) is 1.06. The van der Waals surface area contributed by atoms with Crippen molar-refractivity contribution in [3.63, 3.8) is 0 Å². The molecule has 250 valence electrons. The van der Waals surface area contributed by atoms with Crippen molar-refractivity contribution in [3.8, 4) is 45.4 Å². The van der Waals surface area contributed by atoms with E-state index in [1.807, 2.05) is 48.5 Å². The topological polar surface area (TPSA) is 139 Å². The number of halogens is 2. The summed E-state index contributed by atoms with van der Waals surface area (Å²) in [6.07, 6.45) is 4.45. The van der Waals surface area contributed by atoms with E-state index in [2.05, 4.69) is 26.3 Å². The lowest BCUT2D eigenvalue weighted by molar-refractivity contribution is -0.120. The number of rotatable bonds is 13. The number of nitrogens with one attached hydrogen (secondary N) is 4. The Bertz CT molecular complexity index is 1690. The van der Waals surface area contributed by atoms with Gasteiger partial charge in [0.1, 0.15) is 5.69 Å². The van der Waals surface area contributed by atoms with Crippen molar-refractivity contribution in [3.05, 3.63) is 76.0 Å². The average Bonchev–Trinajstić information content (AvgIpc) is 3.72. The molecule has 2 aliphatic rings. The van der Waals surface area contributed by atoms with E-state index in [9.17, 15) is 9.59 Å². The van der Waals surface area contributed by atoms with Crippen LogP contribution < -0.4 is 30.7 Å². The first-order valence-electron chi connectivity index (χ1n) is 15.9. The van der Waals surface area contributed by atoms with Crippen LogP contribution in [-0.2, 0) is 22.7 Å². The quantitative estimate of drug-likeness (QED) is 0.154. The molecule has 0 saturated carbocycles. The van der Waals surface area contributed by atoms with Gasteiger partial charge in [0.15, 0.2) is 0 Å². The third-order valence-electron chi connectivity index (χ3n) is 8.54. The maximum absolute atomic E-state index is 11.5. The van der Waals surface area contributed by atoms with Crippen LogP contribution in [0.15, 0.2) is 54.7 Å². The second-order valence-corrected chi connectivity index (χ2v) is 12.5. The predicted molar refractivity (Wildman–Crippen MR) is 185 cm³/mol. The Kier molecular flexibility index (Phi) is 10.7. The van der Waals surface area contributed by atoms with Crippen LogP contribution >= 0.6 is 23.2 Å². The number of aromatic nitrogens is 3. The molecule has 13 heteroatoms. The van der Waals surface area contributed by atoms with E-state index >= 15 is 0 Å². The van der Waals surface area contributed by atoms with Crippen LogP contribution in [0.5, 0.6) is 11.8 Å². The molecule has 2 aromatic carbocycles. The van der Waals surface area contributed by atoms with Gasteiger partial charge >= 0.3 is 0 Å². The fourth-order valence-electron chi connectivity index (χ4n) is 6.02. The SMILES string of the molecule is COc1nc(-c2cccc(-c3cccc(-c4cnc(CNCC5CCC(=O)N5)c(OC)n4)c3Cl)c2Cl)ccc1CNCC1CCC(=O)N1. The smallest absolute Gasteiger partial charge is 0.237 e. The molecular weight excluding hydrogens is 653 g/mol. The van der Waals surface area contributed by atoms with E-state index in [0.717, 1.165) is 35.1 Å². The van der Waals surface area contributed by atoms with Gasteiger partial charge in [-0.1, -0.05) is 65.7 Å². The molecule has 0 radical (unpaired) electrons. The molecule has 6 rings (SSSR count). The van der Waals surface area contributed by atoms with Crippen molar-refractivity contribution in [2.45, 2.75) is 50.9 Å². The molecule has 48 heavy (non-hydrogen) atoms. The monoisotopic (exact) mass is 689 g/mol. The van der Waals surface area contributed by atoms with Gasteiger partial charge in [0.05, 0.1) is 41.8 Å². The molecule has 4 heterocycles. The van der Waals surface area contributed by atoms with Crippen molar-refractivity contribution in [2.24, 2.45) is 0 Å². The molecule has 2 unspecified atom stereocenters. The van der Waals surface area contributed by atoms with Crippen molar-refractivity contribution in [2.75, 3.05) is 27.3 Å². The van der Waals surface area contributed by atoms with Crippen molar-refractivity contribution < 1.29 is 19.1 Å². The zero-order valence-corrected chi connectivity index (χ0v) is 28.3. The molecule has 4 aromatic rings. The Hall–Kier alpha value is -4.29. The highest BCUT2D eigenvalue weighted by molar-refractivity contribution is 6.39. The fraction of sp³-hybridized carbons (Fsp3) is 0.343. The Morgan fingerprint density at radius 1 is 0.729 bits per heavy atom. The number of hydrogen-bond acceptors (Lipinski definition) is 9. The summed E-state index contributed by atoms with van der Waals surface area (Å²) in [5.41, 5.74) is 5.66. The van der Waals surface area contributed by atoms with Gasteiger partial charge in [-0.2, -0.15) is 0 Å². The lowest BCUT2D eigenvalue weighted by atomic mass is 9.98. The van der Waals surface area contributed by atoms with E-state index < -0.39 is 0 Å². The number of carbonyl (C=O) groups excluding carboxylic acids is 2. The second-order valence-electron chi connectivity index (χ2n) is 11.8. The summed E-state index contributed by atoms with van der Waals surface area (Å²) in [6, 6.07) is 15.6. The van der Waals surface area contributed by atoms with Crippen LogP contribution in [0.3, 0.4) is 0 Å². The largest absolute Gasteiger partial charge is 0.481 e. The molecule has 2 fully saturated rings. The summed E-state index contributed by atoms with van der Waals surface area (Å²) in [7, 11) is 3.15. The zero-order valence-electron chi connectivity index (χ0n) is 26.7. The van der Waals surface area contributed by atoms with Gasteiger partial charge in [-0.05, 0) is 18.9 Å². The van der Waals surface area contributed by atoms with Crippen LogP contribution in [0.4, 0.5) is 0 Å². The predicted octanol–water partition coefficient (Wildman–Crippen LogP) is 4.93. The lowest BCUT2D eigenvalue weighted by Gasteiger charge is -2.16. The van der Waals surface area contributed by atoms with Gasteiger partial charge in [0.2, 0.25) is 23.6 Å². The van der Waals surface area contributed by atoms with E-state index in [1.165, 1.54) is 0 Å². The second kappa shape index (κ2) is 15.3. The van der Waals surface area contributed by atoms with Crippen LogP contribution in [-0.4, -0.2) is 66.2 Å². The number of pyridine rings is 1. The average molecular weight is 691 g/mol. The minimum atomic E-state index is 0.0826. The van der Waals surface area contributed by atoms with Crippen LogP contribution in [0.2, 0.25) is 10.0 Å². The Morgan fingerprint density at radius 2 is 1.27 bits per heavy atom. The van der Waals surface area contributed by atoms with Gasteiger partial charge in [0, 0.05) is 78.9 Å². The molecule has 0 aliphatic carbocycles. The highest BCUT2D eigenvalue weighted by Crippen LogP contribution is 2.42. The van der Waals surface area contributed by atoms with Crippen molar-refractivity contribution >= 4 is 35.0 Å². The Balaban J connectivity index is 1.20. The van der Waals surface area contributed by atoms with Gasteiger partial charge in [0.25, 0.3) is 0 Å². The highest BCUT2D eigenvalue weighted by atomic mass is 35.5. The maximum Gasteiger partial charge on any atom is 0.237 e. The highest BCUT2D eigenvalue weighted by Gasteiger charge is 2.22. The fourth-order valence-corrected chi connectivity index (χ4v) is 6.67. The number of benzene rings is 2. The van der Waals surface area contributed by atoms with E-state index in [1.54, 1.807) is 20.4 Å². The van der Waals surface area contributed by atoms with Crippen molar-refractivity contribution in [1.29, 1.82) is 0 Å². The zero-order chi connectivity index (χ0) is 33.6. The summed E-state index contributed by atoms with van der Waals surface area (Å²) in [5, 5.41) is 13.6. The number of carbonyl (C=O) groups is 2. The first kappa shape index (κ1) is 33.6.